The fourth-order valence-corrected chi connectivity index (χ4v) is 2.75. The summed E-state index contributed by atoms with van der Waals surface area (Å²) in [7, 11) is 0. The Labute approximate surface area is 127 Å². The van der Waals surface area contributed by atoms with Crippen molar-refractivity contribution in [3.8, 4) is 0 Å². The second kappa shape index (κ2) is 13.9. The highest BCUT2D eigenvalue weighted by atomic mass is 16.3. The summed E-state index contributed by atoms with van der Waals surface area (Å²) >= 11 is 0. The molecule has 0 fully saturated rings. The number of aliphatic hydroxyl groups excluding tert-OH is 1. The average Bonchev–Trinajstić information content (AvgIpc) is 2.46. The van der Waals surface area contributed by atoms with Gasteiger partial charge in [0.1, 0.15) is 0 Å². The third-order valence-corrected chi connectivity index (χ3v) is 4.29. The Morgan fingerprint density at radius 2 is 0.950 bits per heavy atom. The molecule has 0 saturated heterocycles. The zero-order valence-corrected chi connectivity index (χ0v) is 14.0. The molecule has 0 spiro atoms. The normalized spacial score (nSPS) is 12.0. The Morgan fingerprint density at radius 1 is 0.600 bits per heavy atom. The molecule has 0 heterocycles. The number of aliphatic hydroxyl groups is 2. The first-order valence-corrected chi connectivity index (χ1v) is 9.01. The van der Waals surface area contributed by atoms with Gasteiger partial charge in [0.2, 0.25) is 0 Å². The fraction of sp³-hybridized carbons (Fsp3) is 1.00. The molecule has 0 unspecified atom stereocenters. The molecule has 2 N–H and O–H groups in total. The average molecular weight is 286 g/mol. The van der Waals surface area contributed by atoms with Gasteiger partial charge < -0.3 is 10.2 Å². The molecule has 20 heavy (non-hydrogen) atoms. The Kier molecular flexibility index (Phi) is 13.8. The van der Waals surface area contributed by atoms with Gasteiger partial charge in [-0.25, -0.2) is 0 Å². The third-order valence-electron chi connectivity index (χ3n) is 4.29. The summed E-state index contributed by atoms with van der Waals surface area (Å²) in [5.41, 5.74) is -0.810. The summed E-state index contributed by atoms with van der Waals surface area (Å²) in [4.78, 5) is 0. The molecule has 0 aliphatic heterocycles. The number of rotatable bonds is 15. The lowest BCUT2D eigenvalue weighted by Crippen LogP contribution is -2.33. The SMILES string of the molecule is CCCCCCCCC(O)(CO)CCCCCCCC. The van der Waals surface area contributed by atoms with Gasteiger partial charge in [-0.3, -0.25) is 0 Å². The van der Waals surface area contributed by atoms with E-state index in [-0.39, 0.29) is 6.61 Å². The molecular formula is C18H38O2. The summed E-state index contributed by atoms with van der Waals surface area (Å²) in [6.45, 7) is 4.38. The van der Waals surface area contributed by atoms with Gasteiger partial charge in [0.05, 0.1) is 12.2 Å². The second-order valence-electron chi connectivity index (χ2n) is 6.42. The van der Waals surface area contributed by atoms with Crippen LogP contribution in [0.15, 0.2) is 0 Å². The number of hydrogen-bond donors (Lipinski definition) is 2. The summed E-state index contributed by atoms with van der Waals surface area (Å²) in [6, 6.07) is 0. The predicted octanol–water partition coefficient (Wildman–Crippen LogP) is 5.21. The maximum atomic E-state index is 10.4. The van der Waals surface area contributed by atoms with Crippen molar-refractivity contribution in [1.82, 2.24) is 0 Å². The van der Waals surface area contributed by atoms with Crippen molar-refractivity contribution >= 4 is 0 Å². The number of hydrogen-bond acceptors (Lipinski definition) is 2. The van der Waals surface area contributed by atoms with E-state index in [1.54, 1.807) is 0 Å². The van der Waals surface area contributed by atoms with Gasteiger partial charge in [-0.15, -0.1) is 0 Å². The maximum Gasteiger partial charge on any atom is 0.0877 e. The molecule has 0 bridgehead atoms. The summed E-state index contributed by atoms with van der Waals surface area (Å²) in [5, 5.41) is 19.8. The Hall–Kier alpha value is -0.0800. The molecule has 0 aliphatic carbocycles. The van der Waals surface area contributed by atoms with E-state index < -0.39 is 5.60 Å². The molecular weight excluding hydrogens is 248 g/mol. The van der Waals surface area contributed by atoms with Crippen LogP contribution in [0.5, 0.6) is 0 Å². The monoisotopic (exact) mass is 286 g/mol. The summed E-state index contributed by atoms with van der Waals surface area (Å²) in [5.74, 6) is 0. The van der Waals surface area contributed by atoms with E-state index in [1.807, 2.05) is 0 Å². The van der Waals surface area contributed by atoms with E-state index in [4.69, 9.17) is 0 Å². The molecule has 2 nitrogen and oxygen atoms in total. The number of unbranched alkanes of at least 4 members (excludes halogenated alkanes) is 10. The summed E-state index contributed by atoms with van der Waals surface area (Å²) < 4.78 is 0. The van der Waals surface area contributed by atoms with Crippen molar-refractivity contribution in [2.75, 3.05) is 6.61 Å². The van der Waals surface area contributed by atoms with Crippen LogP contribution in [0.1, 0.15) is 104 Å². The van der Waals surface area contributed by atoms with Crippen molar-refractivity contribution in [1.29, 1.82) is 0 Å². The van der Waals surface area contributed by atoms with E-state index in [2.05, 4.69) is 13.8 Å². The standard InChI is InChI=1S/C18H38O2/c1-3-5-7-9-11-13-15-18(20,17-19)16-14-12-10-8-6-4-2/h19-20H,3-17H2,1-2H3. The maximum absolute atomic E-state index is 10.4. The van der Waals surface area contributed by atoms with E-state index in [0.29, 0.717) is 0 Å². The van der Waals surface area contributed by atoms with Crippen LogP contribution in [0.2, 0.25) is 0 Å². The quantitative estimate of drug-likeness (QED) is 0.406. The predicted molar refractivity (Wildman–Crippen MR) is 88.0 cm³/mol. The minimum absolute atomic E-state index is 0.0725. The third kappa shape index (κ3) is 11.7. The van der Waals surface area contributed by atoms with Crippen LogP contribution in [-0.2, 0) is 0 Å². The van der Waals surface area contributed by atoms with Crippen LogP contribution in [0.3, 0.4) is 0 Å². The highest BCUT2D eigenvalue weighted by Crippen LogP contribution is 2.23. The molecule has 2 heteroatoms. The molecule has 0 aliphatic rings. The topological polar surface area (TPSA) is 40.5 Å². The van der Waals surface area contributed by atoms with Crippen molar-refractivity contribution < 1.29 is 10.2 Å². The van der Waals surface area contributed by atoms with Crippen LogP contribution < -0.4 is 0 Å². The van der Waals surface area contributed by atoms with E-state index in [0.717, 1.165) is 25.7 Å². The lowest BCUT2D eigenvalue weighted by atomic mass is 9.90. The van der Waals surface area contributed by atoms with Crippen LogP contribution in [0.25, 0.3) is 0 Å². The van der Waals surface area contributed by atoms with E-state index in [1.165, 1.54) is 64.2 Å². The van der Waals surface area contributed by atoms with E-state index in [9.17, 15) is 10.2 Å². The van der Waals surface area contributed by atoms with Gasteiger partial charge in [0.15, 0.2) is 0 Å². The lowest BCUT2D eigenvalue weighted by molar-refractivity contribution is -0.0314. The molecule has 0 aromatic heterocycles. The van der Waals surface area contributed by atoms with Crippen molar-refractivity contribution in [3.05, 3.63) is 0 Å². The molecule has 0 atom stereocenters. The van der Waals surface area contributed by atoms with Gasteiger partial charge in [0, 0.05) is 0 Å². The zero-order valence-electron chi connectivity index (χ0n) is 14.0. The molecule has 0 radical (unpaired) electrons. The van der Waals surface area contributed by atoms with Gasteiger partial charge >= 0.3 is 0 Å². The Bertz CT molecular complexity index is 176. The smallest absolute Gasteiger partial charge is 0.0877 e. The first-order valence-electron chi connectivity index (χ1n) is 9.01. The summed E-state index contributed by atoms with van der Waals surface area (Å²) in [6.07, 6.45) is 16.4. The molecule has 0 aromatic carbocycles. The van der Waals surface area contributed by atoms with Crippen LogP contribution in [0, 0.1) is 0 Å². The Balaban J connectivity index is 3.57. The molecule has 0 saturated carbocycles. The van der Waals surface area contributed by atoms with Crippen LogP contribution in [0.4, 0.5) is 0 Å². The first kappa shape index (κ1) is 19.9. The fourth-order valence-electron chi connectivity index (χ4n) is 2.75. The van der Waals surface area contributed by atoms with E-state index >= 15 is 0 Å². The van der Waals surface area contributed by atoms with Crippen molar-refractivity contribution in [3.63, 3.8) is 0 Å². The minimum atomic E-state index is -0.810. The molecule has 0 aromatic rings. The molecule has 122 valence electrons. The first-order chi connectivity index (χ1) is 9.68. The van der Waals surface area contributed by atoms with Gasteiger partial charge in [-0.1, -0.05) is 90.9 Å². The molecule has 0 amide bonds. The van der Waals surface area contributed by atoms with Crippen LogP contribution >= 0.6 is 0 Å². The van der Waals surface area contributed by atoms with Gasteiger partial charge in [-0.2, -0.15) is 0 Å². The zero-order chi connectivity index (χ0) is 15.1. The Morgan fingerprint density at radius 3 is 1.30 bits per heavy atom. The highest BCUT2D eigenvalue weighted by molar-refractivity contribution is 4.77. The van der Waals surface area contributed by atoms with Gasteiger partial charge in [-0.05, 0) is 12.8 Å². The van der Waals surface area contributed by atoms with Gasteiger partial charge in [0.25, 0.3) is 0 Å². The molecule has 0 rings (SSSR count). The largest absolute Gasteiger partial charge is 0.393 e. The lowest BCUT2D eigenvalue weighted by Gasteiger charge is -2.26. The van der Waals surface area contributed by atoms with Crippen molar-refractivity contribution in [2.45, 2.75) is 109 Å². The second-order valence-corrected chi connectivity index (χ2v) is 6.42. The highest BCUT2D eigenvalue weighted by Gasteiger charge is 2.24. The minimum Gasteiger partial charge on any atom is -0.393 e. The van der Waals surface area contributed by atoms with Crippen LogP contribution in [-0.4, -0.2) is 22.4 Å². The van der Waals surface area contributed by atoms with Crippen molar-refractivity contribution in [2.24, 2.45) is 0 Å².